The van der Waals surface area contributed by atoms with Crippen molar-refractivity contribution in [2.24, 2.45) is 5.73 Å². The Morgan fingerprint density at radius 1 is 1.56 bits per heavy atom. The van der Waals surface area contributed by atoms with Gasteiger partial charge in [-0.1, -0.05) is 6.92 Å². The van der Waals surface area contributed by atoms with Gasteiger partial charge in [-0.25, -0.2) is 0 Å². The minimum absolute atomic E-state index is 0.170. The highest BCUT2D eigenvalue weighted by Gasteiger charge is 2.21. The maximum Gasteiger partial charge on any atom is 0.325 e. The van der Waals surface area contributed by atoms with E-state index in [9.17, 15) is 9.90 Å². The second-order valence-electron chi connectivity index (χ2n) is 3.41. The smallest absolute Gasteiger partial charge is 0.325 e. The molecular formula is C11H15NO4. The van der Waals surface area contributed by atoms with Crippen LogP contribution in [-0.4, -0.2) is 23.3 Å². The third-order valence-electron chi connectivity index (χ3n) is 2.39. The van der Waals surface area contributed by atoms with E-state index >= 15 is 0 Å². The van der Waals surface area contributed by atoms with Gasteiger partial charge in [0, 0.05) is 5.56 Å². The summed E-state index contributed by atoms with van der Waals surface area (Å²) in [7, 11) is 1.41. The van der Waals surface area contributed by atoms with Crippen LogP contribution in [0.5, 0.6) is 11.5 Å². The summed E-state index contributed by atoms with van der Waals surface area (Å²) in [5.74, 6) is -1.16. The number of carboxylic acids is 1. The van der Waals surface area contributed by atoms with Crippen LogP contribution in [0.4, 0.5) is 0 Å². The van der Waals surface area contributed by atoms with Gasteiger partial charge in [-0.2, -0.15) is 0 Å². The van der Waals surface area contributed by atoms with Crippen molar-refractivity contribution in [3.05, 3.63) is 23.3 Å². The molecule has 0 fully saturated rings. The molecule has 5 nitrogen and oxygen atoms in total. The summed E-state index contributed by atoms with van der Waals surface area (Å²) in [5.41, 5.74) is 6.50. The summed E-state index contributed by atoms with van der Waals surface area (Å²) >= 11 is 0. The first-order valence-corrected chi connectivity index (χ1v) is 4.89. The third kappa shape index (κ3) is 2.25. The topological polar surface area (TPSA) is 92.8 Å². The lowest BCUT2D eigenvalue weighted by Gasteiger charge is -2.14. The Bertz CT molecular complexity index is 403. The van der Waals surface area contributed by atoms with E-state index in [2.05, 4.69) is 0 Å². The highest BCUT2D eigenvalue weighted by Crippen LogP contribution is 2.34. The number of aryl methyl sites for hydroxylation is 1. The van der Waals surface area contributed by atoms with Crippen molar-refractivity contribution >= 4 is 5.97 Å². The number of benzene rings is 1. The molecule has 1 atom stereocenters. The summed E-state index contributed by atoms with van der Waals surface area (Å²) < 4.78 is 4.96. The molecular weight excluding hydrogens is 210 g/mol. The average molecular weight is 225 g/mol. The normalized spacial score (nSPS) is 12.2. The van der Waals surface area contributed by atoms with E-state index in [-0.39, 0.29) is 17.1 Å². The first-order chi connectivity index (χ1) is 7.51. The van der Waals surface area contributed by atoms with Crippen LogP contribution in [-0.2, 0) is 11.2 Å². The quantitative estimate of drug-likeness (QED) is 0.712. The van der Waals surface area contributed by atoms with Crippen molar-refractivity contribution in [2.45, 2.75) is 19.4 Å². The molecule has 0 aliphatic rings. The lowest BCUT2D eigenvalue weighted by molar-refractivity contribution is -0.138. The molecule has 16 heavy (non-hydrogen) atoms. The van der Waals surface area contributed by atoms with Gasteiger partial charge < -0.3 is 20.7 Å². The number of aliphatic carboxylic acids is 1. The van der Waals surface area contributed by atoms with Crippen LogP contribution < -0.4 is 10.5 Å². The standard InChI is InChI=1S/C11H15NO4/c1-3-6-4-7(9(12)11(14)15)10(13)8(5-6)16-2/h4-5,9,13H,3,12H2,1-2H3,(H,14,15). The Balaban J connectivity index is 3.31. The monoisotopic (exact) mass is 225 g/mol. The third-order valence-corrected chi connectivity index (χ3v) is 2.39. The number of phenols is 1. The van der Waals surface area contributed by atoms with E-state index in [1.54, 1.807) is 12.1 Å². The SMILES string of the molecule is CCc1cc(OC)c(O)c(C(N)C(=O)O)c1. The van der Waals surface area contributed by atoms with Crippen molar-refractivity contribution in [1.82, 2.24) is 0 Å². The van der Waals surface area contributed by atoms with Crippen molar-refractivity contribution < 1.29 is 19.7 Å². The van der Waals surface area contributed by atoms with Crippen molar-refractivity contribution in [3.8, 4) is 11.5 Å². The molecule has 1 rings (SSSR count). The molecule has 0 saturated heterocycles. The van der Waals surface area contributed by atoms with Gasteiger partial charge in [0.05, 0.1) is 7.11 Å². The largest absolute Gasteiger partial charge is 0.504 e. The zero-order valence-corrected chi connectivity index (χ0v) is 9.23. The molecule has 1 aromatic carbocycles. The molecule has 0 heterocycles. The van der Waals surface area contributed by atoms with Crippen LogP contribution in [0.15, 0.2) is 12.1 Å². The molecule has 0 radical (unpaired) electrons. The highest BCUT2D eigenvalue weighted by molar-refractivity contribution is 5.77. The number of aromatic hydroxyl groups is 1. The van der Waals surface area contributed by atoms with Crippen molar-refractivity contribution in [1.29, 1.82) is 0 Å². The van der Waals surface area contributed by atoms with Gasteiger partial charge in [0.15, 0.2) is 11.5 Å². The number of ether oxygens (including phenoxy) is 1. The summed E-state index contributed by atoms with van der Waals surface area (Å²) in [4.78, 5) is 10.8. The van der Waals surface area contributed by atoms with Gasteiger partial charge in [-0.05, 0) is 24.1 Å². The molecule has 1 unspecified atom stereocenters. The lowest BCUT2D eigenvalue weighted by atomic mass is 10.0. The van der Waals surface area contributed by atoms with Gasteiger partial charge in [-0.3, -0.25) is 4.79 Å². The molecule has 4 N–H and O–H groups in total. The predicted octanol–water partition coefficient (Wildman–Crippen LogP) is 1.05. The van der Waals surface area contributed by atoms with Crippen molar-refractivity contribution in [2.75, 3.05) is 7.11 Å². The van der Waals surface area contributed by atoms with E-state index in [0.717, 1.165) is 5.56 Å². The Morgan fingerprint density at radius 2 is 2.19 bits per heavy atom. The van der Waals surface area contributed by atoms with Crippen LogP contribution in [0.3, 0.4) is 0 Å². The van der Waals surface area contributed by atoms with E-state index in [1.165, 1.54) is 7.11 Å². The lowest BCUT2D eigenvalue weighted by Crippen LogP contribution is -2.21. The van der Waals surface area contributed by atoms with Gasteiger partial charge >= 0.3 is 5.97 Å². The summed E-state index contributed by atoms with van der Waals surface area (Å²) in [6.07, 6.45) is 0.704. The molecule has 0 bridgehead atoms. The molecule has 0 aliphatic heterocycles. The van der Waals surface area contributed by atoms with E-state index in [0.29, 0.717) is 6.42 Å². The Labute approximate surface area is 93.5 Å². The Kier molecular flexibility index (Phi) is 3.73. The van der Waals surface area contributed by atoms with Crippen molar-refractivity contribution in [3.63, 3.8) is 0 Å². The minimum atomic E-state index is -1.25. The molecule has 0 saturated carbocycles. The number of rotatable bonds is 4. The van der Waals surface area contributed by atoms with Crippen LogP contribution in [0.2, 0.25) is 0 Å². The fourth-order valence-electron chi connectivity index (χ4n) is 1.42. The summed E-state index contributed by atoms with van der Waals surface area (Å²) in [6.45, 7) is 1.92. The number of methoxy groups -OCH3 is 1. The first-order valence-electron chi connectivity index (χ1n) is 4.89. The Hall–Kier alpha value is -1.75. The number of hydrogen-bond donors (Lipinski definition) is 3. The van der Waals surface area contributed by atoms with E-state index in [1.807, 2.05) is 6.92 Å². The van der Waals surface area contributed by atoms with Crippen LogP contribution in [0.1, 0.15) is 24.1 Å². The Morgan fingerprint density at radius 3 is 2.62 bits per heavy atom. The molecule has 1 aromatic rings. The number of nitrogens with two attached hydrogens (primary N) is 1. The fraction of sp³-hybridized carbons (Fsp3) is 0.364. The average Bonchev–Trinajstić information content (AvgIpc) is 2.28. The number of phenolic OH excluding ortho intramolecular Hbond substituents is 1. The zero-order valence-electron chi connectivity index (χ0n) is 9.23. The number of carbonyl (C=O) groups is 1. The van der Waals surface area contributed by atoms with Gasteiger partial charge in [0.2, 0.25) is 0 Å². The van der Waals surface area contributed by atoms with Gasteiger partial charge in [-0.15, -0.1) is 0 Å². The summed E-state index contributed by atoms with van der Waals surface area (Å²) in [6, 6.07) is 1.99. The van der Waals surface area contributed by atoms with Crippen LogP contribution in [0, 0.1) is 0 Å². The molecule has 0 aromatic heterocycles. The van der Waals surface area contributed by atoms with E-state index in [4.69, 9.17) is 15.6 Å². The second-order valence-corrected chi connectivity index (χ2v) is 3.41. The van der Waals surface area contributed by atoms with Crippen LogP contribution >= 0.6 is 0 Å². The number of hydrogen-bond acceptors (Lipinski definition) is 4. The zero-order chi connectivity index (χ0) is 12.3. The molecule has 0 spiro atoms. The summed E-state index contributed by atoms with van der Waals surface area (Å²) in [5, 5.41) is 18.6. The van der Waals surface area contributed by atoms with Gasteiger partial charge in [0.25, 0.3) is 0 Å². The minimum Gasteiger partial charge on any atom is -0.504 e. The number of carboxylic acid groups (broad SMARTS) is 1. The maximum absolute atomic E-state index is 10.8. The highest BCUT2D eigenvalue weighted by atomic mass is 16.5. The first kappa shape index (κ1) is 12.3. The predicted molar refractivity (Wildman–Crippen MR) is 58.6 cm³/mol. The van der Waals surface area contributed by atoms with Crippen LogP contribution in [0.25, 0.3) is 0 Å². The molecule has 0 aliphatic carbocycles. The molecule has 88 valence electrons. The molecule has 0 amide bonds. The van der Waals surface area contributed by atoms with Gasteiger partial charge in [0.1, 0.15) is 6.04 Å². The fourth-order valence-corrected chi connectivity index (χ4v) is 1.42. The second kappa shape index (κ2) is 4.85. The van der Waals surface area contributed by atoms with E-state index < -0.39 is 12.0 Å². The maximum atomic E-state index is 10.8. The molecule has 5 heteroatoms.